The molecular formula is C18H30O4. The van der Waals surface area contributed by atoms with Gasteiger partial charge in [-0.3, -0.25) is 0 Å². The number of unbranched alkanes of at least 4 members (excludes halogenated alkanes) is 1. The fraction of sp³-hybridized carbons (Fsp3) is 1.00. The first kappa shape index (κ1) is 15.4. The van der Waals surface area contributed by atoms with Crippen LogP contribution in [0, 0.1) is 23.7 Å². The third-order valence-electron chi connectivity index (χ3n) is 6.73. The minimum absolute atomic E-state index is 0.246. The molecule has 0 radical (unpaired) electrons. The number of ether oxygens (including phenoxy) is 2. The predicted molar refractivity (Wildman–Crippen MR) is 81.8 cm³/mol. The molecule has 0 N–H and O–H groups in total. The van der Waals surface area contributed by atoms with E-state index in [4.69, 9.17) is 19.2 Å². The van der Waals surface area contributed by atoms with Gasteiger partial charge in [0.15, 0.2) is 11.9 Å². The summed E-state index contributed by atoms with van der Waals surface area (Å²) in [4.78, 5) is 12.0. The van der Waals surface area contributed by atoms with Gasteiger partial charge in [0.2, 0.25) is 5.79 Å². The second-order valence-corrected chi connectivity index (χ2v) is 8.15. The lowest BCUT2D eigenvalue weighted by molar-refractivity contribution is -0.567. The van der Waals surface area contributed by atoms with Gasteiger partial charge in [-0.15, -0.1) is 0 Å². The van der Waals surface area contributed by atoms with Gasteiger partial charge in [0.1, 0.15) is 0 Å². The molecule has 7 atom stereocenters. The van der Waals surface area contributed by atoms with E-state index in [2.05, 4.69) is 13.8 Å². The van der Waals surface area contributed by atoms with Crippen molar-refractivity contribution in [1.29, 1.82) is 0 Å². The van der Waals surface area contributed by atoms with E-state index in [0.29, 0.717) is 23.7 Å². The van der Waals surface area contributed by atoms with Gasteiger partial charge in [0.05, 0.1) is 6.61 Å². The van der Waals surface area contributed by atoms with Crippen LogP contribution in [-0.2, 0) is 19.2 Å². The maximum absolute atomic E-state index is 6.26. The summed E-state index contributed by atoms with van der Waals surface area (Å²) in [5.74, 6) is 1.61. The molecule has 1 aliphatic carbocycles. The van der Waals surface area contributed by atoms with Crippen LogP contribution in [0.15, 0.2) is 0 Å². The highest BCUT2D eigenvalue weighted by Crippen LogP contribution is 2.60. The van der Waals surface area contributed by atoms with E-state index in [9.17, 15) is 0 Å². The van der Waals surface area contributed by atoms with Crippen LogP contribution in [0.4, 0.5) is 0 Å². The molecule has 0 aromatic carbocycles. The van der Waals surface area contributed by atoms with Crippen LogP contribution in [0.2, 0.25) is 0 Å². The zero-order chi connectivity index (χ0) is 15.4. The fourth-order valence-corrected chi connectivity index (χ4v) is 5.47. The molecule has 0 aromatic heterocycles. The van der Waals surface area contributed by atoms with Crippen molar-refractivity contribution in [3.8, 4) is 0 Å². The molecule has 126 valence electrons. The van der Waals surface area contributed by atoms with Crippen molar-refractivity contribution in [3.05, 3.63) is 0 Å². The van der Waals surface area contributed by atoms with Gasteiger partial charge in [0, 0.05) is 12.3 Å². The molecule has 4 saturated heterocycles. The lowest BCUT2D eigenvalue weighted by Crippen LogP contribution is -2.69. The highest BCUT2D eigenvalue weighted by molar-refractivity contribution is 5.08. The quantitative estimate of drug-likeness (QED) is 0.737. The van der Waals surface area contributed by atoms with Crippen molar-refractivity contribution in [1.82, 2.24) is 0 Å². The van der Waals surface area contributed by atoms with Gasteiger partial charge in [0.25, 0.3) is 0 Å². The summed E-state index contributed by atoms with van der Waals surface area (Å²) in [5, 5.41) is 0. The average molecular weight is 310 g/mol. The Morgan fingerprint density at radius 2 is 1.95 bits per heavy atom. The Morgan fingerprint density at radius 3 is 2.77 bits per heavy atom. The average Bonchev–Trinajstić information content (AvgIpc) is 2.74. The molecule has 1 spiro atoms. The maximum atomic E-state index is 6.26. The van der Waals surface area contributed by atoms with Crippen molar-refractivity contribution in [2.45, 2.75) is 83.4 Å². The minimum atomic E-state index is -0.631. The summed E-state index contributed by atoms with van der Waals surface area (Å²) in [5.41, 5.74) is -0.371. The van der Waals surface area contributed by atoms with E-state index in [1.807, 2.05) is 6.92 Å². The van der Waals surface area contributed by atoms with Gasteiger partial charge >= 0.3 is 0 Å². The fourth-order valence-electron chi connectivity index (χ4n) is 5.47. The molecule has 4 aliphatic heterocycles. The first-order valence-electron chi connectivity index (χ1n) is 9.25. The lowest BCUT2D eigenvalue weighted by Gasteiger charge is -2.59. The third-order valence-corrected chi connectivity index (χ3v) is 6.73. The number of hydrogen-bond acceptors (Lipinski definition) is 4. The largest absolute Gasteiger partial charge is 0.349 e. The Kier molecular flexibility index (Phi) is 3.80. The highest BCUT2D eigenvalue weighted by Gasteiger charge is 2.68. The van der Waals surface area contributed by atoms with Crippen molar-refractivity contribution in [2.24, 2.45) is 23.7 Å². The zero-order valence-electron chi connectivity index (χ0n) is 14.2. The van der Waals surface area contributed by atoms with Gasteiger partial charge in [-0.25, -0.2) is 9.78 Å². The van der Waals surface area contributed by atoms with Gasteiger partial charge in [-0.05, 0) is 50.4 Å². The monoisotopic (exact) mass is 310 g/mol. The maximum Gasteiger partial charge on any atom is 0.201 e. The molecule has 5 rings (SSSR count). The number of hydrogen-bond donors (Lipinski definition) is 0. The zero-order valence-corrected chi connectivity index (χ0v) is 14.2. The Morgan fingerprint density at radius 1 is 1.09 bits per heavy atom. The summed E-state index contributed by atoms with van der Waals surface area (Å²) >= 11 is 0. The highest BCUT2D eigenvalue weighted by atomic mass is 17.3. The molecular weight excluding hydrogens is 280 g/mol. The Bertz CT molecular complexity index is 427. The van der Waals surface area contributed by atoms with E-state index in [0.717, 1.165) is 19.4 Å². The lowest BCUT2D eigenvalue weighted by atomic mass is 9.57. The molecule has 2 bridgehead atoms. The molecule has 0 amide bonds. The minimum Gasteiger partial charge on any atom is -0.349 e. The summed E-state index contributed by atoms with van der Waals surface area (Å²) in [6.07, 6.45) is 8.03. The SMILES string of the molecule is CCCC[C@H]1CO[C@H]2O[C@@]3(C)CC[C@H]4[C@H](C)CC[C@@H]1[C@@]24OO3. The Hall–Kier alpha value is -0.160. The van der Waals surface area contributed by atoms with E-state index < -0.39 is 5.79 Å². The standard InChI is InChI=1S/C18H30O4/c1-4-5-6-13-11-19-16-18-14(12(2)7-8-15(13)18)9-10-17(3,20-16)21-22-18/h12-16H,4-11H2,1-3H3/t12-,13+,14+,15+,16+,17-,18-/m1/s1. The first-order chi connectivity index (χ1) is 10.6. The summed E-state index contributed by atoms with van der Waals surface area (Å²) in [6.45, 7) is 7.44. The molecule has 4 heteroatoms. The van der Waals surface area contributed by atoms with Gasteiger partial charge < -0.3 is 9.47 Å². The van der Waals surface area contributed by atoms with Gasteiger partial charge in [-0.2, -0.15) is 0 Å². The van der Waals surface area contributed by atoms with Crippen LogP contribution in [0.25, 0.3) is 0 Å². The summed E-state index contributed by atoms with van der Waals surface area (Å²) < 4.78 is 12.5. The molecule has 1 saturated carbocycles. The molecule has 0 aromatic rings. The van der Waals surface area contributed by atoms with Crippen molar-refractivity contribution in [2.75, 3.05) is 6.61 Å². The number of fused-ring (bicyclic) bond motifs is 2. The van der Waals surface area contributed by atoms with E-state index in [1.54, 1.807) is 0 Å². The van der Waals surface area contributed by atoms with Crippen LogP contribution in [0.5, 0.6) is 0 Å². The predicted octanol–water partition coefficient (Wildman–Crippen LogP) is 4.04. The first-order valence-corrected chi connectivity index (χ1v) is 9.25. The van der Waals surface area contributed by atoms with Crippen molar-refractivity contribution >= 4 is 0 Å². The van der Waals surface area contributed by atoms with Crippen LogP contribution in [0.1, 0.15) is 65.7 Å². The van der Waals surface area contributed by atoms with E-state index in [-0.39, 0.29) is 11.9 Å². The van der Waals surface area contributed by atoms with Crippen molar-refractivity contribution in [3.63, 3.8) is 0 Å². The molecule has 22 heavy (non-hydrogen) atoms. The second kappa shape index (κ2) is 5.44. The molecule has 5 fully saturated rings. The van der Waals surface area contributed by atoms with E-state index >= 15 is 0 Å². The Balaban J connectivity index is 1.69. The van der Waals surface area contributed by atoms with Crippen LogP contribution in [0.3, 0.4) is 0 Å². The molecule has 4 nitrogen and oxygen atoms in total. The van der Waals surface area contributed by atoms with E-state index in [1.165, 1.54) is 32.1 Å². The normalized spacial score (nSPS) is 53.9. The summed E-state index contributed by atoms with van der Waals surface area (Å²) in [6, 6.07) is 0. The molecule has 0 unspecified atom stereocenters. The second-order valence-electron chi connectivity index (χ2n) is 8.15. The van der Waals surface area contributed by atoms with Crippen LogP contribution in [-0.4, -0.2) is 24.3 Å². The summed E-state index contributed by atoms with van der Waals surface area (Å²) in [7, 11) is 0. The van der Waals surface area contributed by atoms with Gasteiger partial charge in [-0.1, -0.05) is 26.7 Å². The Labute approximate surface area is 133 Å². The smallest absolute Gasteiger partial charge is 0.201 e. The molecule has 4 heterocycles. The van der Waals surface area contributed by atoms with Crippen LogP contribution >= 0.6 is 0 Å². The third kappa shape index (κ3) is 2.10. The van der Waals surface area contributed by atoms with Crippen molar-refractivity contribution < 1.29 is 19.2 Å². The number of rotatable bonds is 3. The topological polar surface area (TPSA) is 36.9 Å². The molecule has 5 aliphatic rings. The van der Waals surface area contributed by atoms with Crippen LogP contribution < -0.4 is 0 Å².